The minimum atomic E-state index is -4.60. The van der Waals surface area contributed by atoms with Crippen molar-refractivity contribution in [3.63, 3.8) is 0 Å². The molecule has 34 heavy (non-hydrogen) atoms. The van der Waals surface area contributed by atoms with Gasteiger partial charge >= 0.3 is 12.1 Å². The van der Waals surface area contributed by atoms with Crippen LogP contribution in [0.4, 0.5) is 13.2 Å². The quantitative estimate of drug-likeness (QED) is 0.591. The lowest BCUT2D eigenvalue weighted by Crippen LogP contribution is -2.40. The molecule has 3 aliphatic rings. The fraction of sp³-hybridized carbons (Fsp3) is 0.333. The molecule has 1 spiro atoms. The summed E-state index contributed by atoms with van der Waals surface area (Å²) in [5.74, 6) is -1.59. The molecule has 2 aromatic carbocycles. The number of rotatable bonds is 3. The van der Waals surface area contributed by atoms with Crippen LogP contribution in [-0.4, -0.2) is 45.0 Å². The van der Waals surface area contributed by atoms with Crippen molar-refractivity contribution in [3.05, 3.63) is 71.0 Å². The fourth-order valence-electron chi connectivity index (χ4n) is 5.11. The highest BCUT2D eigenvalue weighted by molar-refractivity contribution is 5.96. The van der Waals surface area contributed by atoms with E-state index in [0.717, 1.165) is 11.1 Å². The van der Waals surface area contributed by atoms with Gasteiger partial charge in [-0.05, 0) is 24.5 Å². The molecular weight excluding hydrogens is 449 g/mol. The summed E-state index contributed by atoms with van der Waals surface area (Å²) < 4.78 is 44.1. The highest BCUT2D eigenvalue weighted by Crippen LogP contribution is 2.52. The molecule has 1 saturated carbocycles. The average molecular weight is 468 g/mol. The maximum absolute atomic E-state index is 13.6. The second-order valence-corrected chi connectivity index (χ2v) is 9.07. The van der Waals surface area contributed by atoms with Crippen LogP contribution in [0.2, 0.25) is 0 Å². The number of hydrogen-bond acceptors (Lipinski definition) is 5. The Labute approximate surface area is 191 Å². The number of esters is 1. The Kier molecular flexibility index (Phi) is 4.24. The van der Waals surface area contributed by atoms with Crippen molar-refractivity contribution >= 4 is 11.9 Å². The van der Waals surface area contributed by atoms with E-state index in [9.17, 15) is 22.8 Å². The van der Waals surface area contributed by atoms with E-state index in [-0.39, 0.29) is 17.7 Å². The number of carbonyl (C=O) groups excluding carboxylic acids is 2. The molecule has 1 N–H and O–H groups in total. The second kappa shape index (κ2) is 6.91. The first-order valence-corrected chi connectivity index (χ1v) is 10.9. The molecule has 1 unspecified atom stereocenters. The number of amides is 1. The molecule has 0 radical (unpaired) electrons. The summed E-state index contributed by atoms with van der Waals surface area (Å²) in [5.41, 5.74) is 1.14. The number of fused-ring (bicyclic) bond motifs is 2. The molecule has 1 aliphatic carbocycles. The maximum atomic E-state index is 13.6. The Hall–Kier alpha value is -3.69. The van der Waals surface area contributed by atoms with Gasteiger partial charge in [0.25, 0.3) is 0 Å². The molecule has 2 aliphatic heterocycles. The summed E-state index contributed by atoms with van der Waals surface area (Å²) in [7, 11) is 0. The summed E-state index contributed by atoms with van der Waals surface area (Å²) in [4.78, 5) is 31.2. The van der Waals surface area contributed by atoms with Crippen molar-refractivity contribution in [1.82, 2.24) is 20.1 Å². The summed E-state index contributed by atoms with van der Waals surface area (Å²) in [6.45, 7) is 0.795. The number of nitrogens with zero attached hydrogens (tertiary/aromatic N) is 3. The van der Waals surface area contributed by atoms with E-state index in [1.807, 2.05) is 17.2 Å². The fourth-order valence-corrected chi connectivity index (χ4v) is 5.11. The van der Waals surface area contributed by atoms with E-state index in [1.165, 1.54) is 0 Å². The molecule has 174 valence electrons. The predicted octanol–water partition coefficient (Wildman–Crippen LogP) is 3.82. The monoisotopic (exact) mass is 468 g/mol. The van der Waals surface area contributed by atoms with Gasteiger partial charge in [0, 0.05) is 24.1 Å². The number of H-pyrrole nitrogens is 1. The van der Waals surface area contributed by atoms with Gasteiger partial charge in [-0.25, -0.2) is 9.78 Å². The number of likely N-dealkylation sites (tertiary alicyclic amines) is 1. The Morgan fingerprint density at radius 3 is 2.47 bits per heavy atom. The summed E-state index contributed by atoms with van der Waals surface area (Å²) >= 11 is 0. The van der Waals surface area contributed by atoms with Crippen LogP contribution in [0.25, 0.3) is 11.4 Å². The Morgan fingerprint density at radius 2 is 1.79 bits per heavy atom. The molecular formula is C24H19F3N4O3. The average Bonchev–Trinajstić information content (AvgIpc) is 3.17. The van der Waals surface area contributed by atoms with Gasteiger partial charge < -0.3 is 9.64 Å². The summed E-state index contributed by atoms with van der Waals surface area (Å²) in [6.07, 6.45) is -2.69. The Morgan fingerprint density at radius 1 is 1.06 bits per heavy atom. The third-order valence-corrected chi connectivity index (χ3v) is 7.05. The van der Waals surface area contributed by atoms with Gasteiger partial charge in [-0.15, -0.1) is 0 Å². The zero-order valence-electron chi connectivity index (χ0n) is 17.9. The normalized spacial score (nSPS) is 22.7. The lowest BCUT2D eigenvalue weighted by molar-refractivity contribution is -0.144. The van der Waals surface area contributed by atoms with Crippen LogP contribution < -0.4 is 0 Å². The first-order valence-electron chi connectivity index (χ1n) is 10.9. The standard InChI is InChI=1S/C24H19F3N4O3/c25-24(26,27)20-28-18(29-30-20)14-5-7-15(8-6-14)22(9-10-22)21(33)31-12-11-23(13-31)17-4-2-1-3-16(17)19(32)34-23/h1-8H,9-13H2,(H,28,29,30). The number of hydrogen-bond donors (Lipinski definition) is 1. The van der Waals surface area contributed by atoms with E-state index in [2.05, 4.69) is 10.1 Å². The highest BCUT2D eigenvalue weighted by atomic mass is 19.4. The number of halogens is 3. The van der Waals surface area contributed by atoms with Crippen LogP contribution >= 0.6 is 0 Å². The highest BCUT2D eigenvalue weighted by Gasteiger charge is 2.57. The number of carbonyl (C=O) groups is 2. The Balaban J connectivity index is 1.22. The lowest BCUT2D eigenvalue weighted by atomic mass is 9.91. The molecule has 0 bridgehead atoms. The number of aromatic amines is 1. The topological polar surface area (TPSA) is 88.2 Å². The first kappa shape index (κ1) is 20.9. The number of ether oxygens (including phenoxy) is 1. The van der Waals surface area contributed by atoms with Crippen LogP contribution in [0.1, 0.15) is 46.6 Å². The number of alkyl halides is 3. The largest absolute Gasteiger partial charge is 0.451 e. The number of benzene rings is 2. The van der Waals surface area contributed by atoms with E-state index >= 15 is 0 Å². The first-order chi connectivity index (χ1) is 16.2. The van der Waals surface area contributed by atoms with Crippen molar-refractivity contribution in [2.75, 3.05) is 13.1 Å². The van der Waals surface area contributed by atoms with Crippen LogP contribution in [0.5, 0.6) is 0 Å². The molecule has 1 saturated heterocycles. The second-order valence-electron chi connectivity index (χ2n) is 9.07. The number of aromatic nitrogens is 3. The zero-order chi connectivity index (χ0) is 23.7. The van der Waals surface area contributed by atoms with Gasteiger partial charge in [-0.2, -0.15) is 18.3 Å². The minimum absolute atomic E-state index is 0.0187. The van der Waals surface area contributed by atoms with Crippen molar-refractivity contribution in [3.8, 4) is 11.4 Å². The van der Waals surface area contributed by atoms with E-state index < -0.39 is 23.0 Å². The predicted molar refractivity (Wildman–Crippen MR) is 112 cm³/mol. The SMILES string of the molecule is O=C1OC2(CCN(C(=O)C3(c4ccc(-c5n[nH]c(C(F)(F)F)n5)cc4)CC3)C2)c2ccccc21. The molecule has 1 aromatic heterocycles. The van der Waals surface area contributed by atoms with Crippen molar-refractivity contribution in [2.45, 2.75) is 36.5 Å². The molecule has 1 atom stereocenters. The molecule has 2 fully saturated rings. The van der Waals surface area contributed by atoms with Gasteiger partial charge in [-0.3, -0.25) is 9.89 Å². The van der Waals surface area contributed by atoms with E-state index in [1.54, 1.807) is 41.3 Å². The maximum Gasteiger partial charge on any atom is 0.451 e. The van der Waals surface area contributed by atoms with Gasteiger partial charge in [0.2, 0.25) is 11.7 Å². The van der Waals surface area contributed by atoms with Crippen LogP contribution in [-0.2, 0) is 26.7 Å². The summed E-state index contributed by atoms with van der Waals surface area (Å²) in [6, 6.07) is 14.0. The lowest BCUT2D eigenvalue weighted by Gasteiger charge is -2.27. The van der Waals surface area contributed by atoms with Gasteiger partial charge in [0.15, 0.2) is 11.4 Å². The molecule has 6 rings (SSSR count). The Bertz CT molecular complexity index is 1310. The molecule has 3 heterocycles. The molecule has 1 amide bonds. The van der Waals surface area contributed by atoms with Crippen molar-refractivity contribution in [2.24, 2.45) is 0 Å². The third kappa shape index (κ3) is 3.04. The smallest absolute Gasteiger partial charge is 0.449 e. The summed E-state index contributed by atoms with van der Waals surface area (Å²) in [5, 5.41) is 5.56. The molecule has 3 aromatic rings. The molecule has 10 heteroatoms. The third-order valence-electron chi connectivity index (χ3n) is 7.05. The van der Waals surface area contributed by atoms with Gasteiger partial charge in [-0.1, -0.05) is 42.5 Å². The van der Waals surface area contributed by atoms with Crippen molar-refractivity contribution in [1.29, 1.82) is 0 Å². The van der Waals surface area contributed by atoms with Gasteiger partial charge in [0.1, 0.15) is 0 Å². The van der Waals surface area contributed by atoms with Crippen LogP contribution in [0.3, 0.4) is 0 Å². The molecule has 7 nitrogen and oxygen atoms in total. The van der Waals surface area contributed by atoms with E-state index in [4.69, 9.17) is 4.74 Å². The van der Waals surface area contributed by atoms with Crippen LogP contribution in [0.15, 0.2) is 48.5 Å². The minimum Gasteiger partial charge on any atom is -0.449 e. The van der Waals surface area contributed by atoms with E-state index in [0.29, 0.717) is 43.5 Å². The zero-order valence-corrected chi connectivity index (χ0v) is 17.9. The van der Waals surface area contributed by atoms with Crippen molar-refractivity contribution < 1.29 is 27.5 Å². The number of nitrogens with one attached hydrogen (secondary N) is 1. The van der Waals surface area contributed by atoms with Gasteiger partial charge in [0.05, 0.1) is 17.5 Å². The van der Waals surface area contributed by atoms with Crippen LogP contribution in [0, 0.1) is 0 Å².